The highest BCUT2D eigenvalue weighted by Crippen LogP contribution is 2.27. The van der Waals surface area contributed by atoms with Crippen LogP contribution in [0.25, 0.3) is 10.9 Å². The minimum Gasteiger partial charge on any atom is -0.241 e. The lowest BCUT2D eigenvalue weighted by molar-refractivity contribution is 1.12. The fourth-order valence-electron chi connectivity index (χ4n) is 2.81. The van der Waals surface area contributed by atoms with Crippen LogP contribution >= 0.6 is 11.8 Å². The number of aryl methyl sites for hydroxylation is 4. The highest BCUT2D eigenvalue weighted by molar-refractivity contribution is 7.99. The van der Waals surface area contributed by atoms with E-state index >= 15 is 0 Å². The maximum absolute atomic E-state index is 4.87. The number of nitrogens with zero attached hydrogens (tertiary/aromatic N) is 1. The van der Waals surface area contributed by atoms with Crippen LogP contribution in [0, 0.1) is 20.8 Å². The van der Waals surface area contributed by atoms with Crippen LogP contribution in [0.1, 0.15) is 22.3 Å². The number of hydrogen-bond acceptors (Lipinski definition) is 2. The summed E-state index contributed by atoms with van der Waals surface area (Å²) in [5.41, 5.74) is 6.43. The molecule has 0 aliphatic heterocycles. The summed E-state index contributed by atoms with van der Waals surface area (Å²) >= 11 is 1.85. The van der Waals surface area contributed by atoms with Crippen molar-refractivity contribution in [3.8, 4) is 0 Å². The zero-order valence-electron chi connectivity index (χ0n) is 13.4. The quantitative estimate of drug-likeness (QED) is 0.591. The maximum atomic E-state index is 4.87. The predicted molar refractivity (Wildman–Crippen MR) is 96.8 cm³/mol. The molecule has 0 bridgehead atoms. The molecule has 0 fully saturated rings. The van der Waals surface area contributed by atoms with Crippen molar-refractivity contribution in [3.05, 3.63) is 70.8 Å². The van der Waals surface area contributed by atoms with Gasteiger partial charge in [-0.25, -0.2) is 4.98 Å². The fourth-order valence-corrected chi connectivity index (χ4v) is 3.77. The number of pyridine rings is 1. The highest BCUT2D eigenvalue weighted by atomic mass is 32.2. The molecule has 3 rings (SSSR count). The van der Waals surface area contributed by atoms with Crippen molar-refractivity contribution < 1.29 is 0 Å². The lowest BCUT2D eigenvalue weighted by Gasteiger charge is -2.09. The van der Waals surface area contributed by atoms with Crippen LogP contribution in [0.3, 0.4) is 0 Å². The first kappa shape index (κ1) is 15.1. The minimum absolute atomic E-state index is 1.06. The van der Waals surface area contributed by atoms with E-state index in [0.29, 0.717) is 0 Å². The summed E-state index contributed by atoms with van der Waals surface area (Å²) in [5, 5.41) is 2.41. The highest BCUT2D eigenvalue weighted by Gasteiger charge is 2.07. The molecule has 1 aromatic heterocycles. The average molecular weight is 307 g/mol. The molecule has 1 heterocycles. The molecule has 0 radical (unpaired) electrons. The third-order valence-electron chi connectivity index (χ3n) is 3.92. The largest absolute Gasteiger partial charge is 0.241 e. The van der Waals surface area contributed by atoms with Crippen molar-refractivity contribution in [1.29, 1.82) is 0 Å². The molecule has 2 heteroatoms. The Labute approximate surface area is 136 Å². The van der Waals surface area contributed by atoms with Crippen LogP contribution in [0.2, 0.25) is 0 Å². The summed E-state index contributed by atoms with van der Waals surface area (Å²) < 4.78 is 0. The Hall–Kier alpha value is -1.80. The third kappa shape index (κ3) is 3.33. The van der Waals surface area contributed by atoms with Gasteiger partial charge in [0.1, 0.15) is 0 Å². The first-order valence-electron chi connectivity index (χ1n) is 7.69. The number of hydrogen-bond donors (Lipinski definition) is 0. The van der Waals surface area contributed by atoms with Crippen molar-refractivity contribution >= 4 is 22.7 Å². The average Bonchev–Trinajstić information content (AvgIpc) is 2.50. The minimum atomic E-state index is 1.06. The van der Waals surface area contributed by atoms with E-state index in [4.69, 9.17) is 4.98 Å². The van der Waals surface area contributed by atoms with Crippen LogP contribution in [-0.2, 0) is 6.42 Å². The topological polar surface area (TPSA) is 12.9 Å². The van der Waals surface area contributed by atoms with Gasteiger partial charge in [-0.3, -0.25) is 0 Å². The van der Waals surface area contributed by atoms with Crippen LogP contribution in [0.4, 0.5) is 0 Å². The van der Waals surface area contributed by atoms with Gasteiger partial charge >= 0.3 is 0 Å². The maximum Gasteiger partial charge on any atom is 0.0970 e. The van der Waals surface area contributed by atoms with Crippen LogP contribution in [0.5, 0.6) is 0 Å². The van der Waals surface area contributed by atoms with Crippen molar-refractivity contribution in [2.75, 3.05) is 5.75 Å². The summed E-state index contributed by atoms with van der Waals surface area (Å²) in [6.07, 6.45) is 1.08. The molecule has 0 amide bonds. The van der Waals surface area contributed by atoms with E-state index in [-0.39, 0.29) is 0 Å². The van der Waals surface area contributed by atoms with Crippen molar-refractivity contribution in [2.45, 2.75) is 32.2 Å². The van der Waals surface area contributed by atoms with Gasteiger partial charge in [-0.1, -0.05) is 42.0 Å². The van der Waals surface area contributed by atoms with Gasteiger partial charge in [-0.05, 0) is 56.0 Å². The molecule has 2 aromatic carbocycles. The van der Waals surface area contributed by atoms with E-state index in [1.165, 1.54) is 27.6 Å². The second kappa shape index (κ2) is 6.53. The smallest absolute Gasteiger partial charge is 0.0970 e. The van der Waals surface area contributed by atoms with E-state index in [1.54, 1.807) is 0 Å². The van der Waals surface area contributed by atoms with Crippen molar-refractivity contribution in [1.82, 2.24) is 4.98 Å². The van der Waals surface area contributed by atoms with E-state index in [9.17, 15) is 0 Å². The Morgan fingerprint density at radius 1 is 0.909 bits per heavy atom. The van der Waals surface area contributed by atoms with Gasteiger partial charge in [0.15, 0.2) is 0 Å². The molecule has 0 saturated carbocycles. The van der Waals surface area contributed by atoms with Gasteiger partial charge in [-0.15, -0.1) is 11.8 Å². The summed E-state index contributed by atoms with van der Waals surface area (Å²) in [7, 11) is 0. The van der Waals surface area contributed by atoms with Gasteiger partial charge in [0.2, 0.25) is 0 Å². The Kier molecular flexibility index (Phi) is 4.49. The van der Waals surface area contributed by atoms with E-state index in [1.807, 2.05) is 11.8 Å². The number of aromatic nitrogens is 1. The molecule has 0 saturated heterocycles. The summed E-state index contributed by atoms with van der Waals surface area (Å²) in [5.74, 6) is 1.06. The van der Waals surface area contributed by atoms with Gasteiger partial charge in [0, 0.05) is 11.1 Å². The van der Waals surface area contributed by atoms with Crippen LogP contribution in [0.15, 0.2) is 53.6 Å². The van der Waals surface area contributed by atoms with Crippen molar-refractivity contribution in [3.63, 3.8) is 0 Å². The Balaban J connectivity index is 1.80. The fraction of sp³-hybridized carbons (Fsp3) is 0.250. The van der Waals surface area contributed by atoms with Gasteiger partial charge in [0.25, 0.3) is 0 Å². The van der Waals surface area contributed by atoms with E-state index in [0.717, 1.165) is 22.7 Å². The van der Waals surface area contributed by atoms with Crippen molar-refractivity contribution in [2.24, 2.45) is 0 Å². The van der Waals surface area contributed by atoms with Gasteiger partial charge in [-0.2, -0.15) is 0 Å². The first-order chi connectivity index (χ1) is 10.6. The molecule has 22 heavy (non-hydrogen) atoms. The summed E-state index contributed by atoms with van der Waals surface area (Å²) in [4.78, 5) is 4.87. The molecule has 0 N–H and O–H groups in total. The summed E-state index contributed by atoms with van der Waals surface area (Å²) in [6, 6.07) is 17.3. The Morgan fingerprint density at radius 2 is 1.68 bits per heavy atom. The van der Waals surface area contributed by atoms with Crippen LogP contribution in [-0.4, -0.2) is 10.7 Å². The number of thioether (sulfide) groups is 1. The second-order valence-electron chi connectivity index (χ2n) is 5.84. The molecular formula is C20H21NS. The predicted octanol–water partition coefficient (Wildman–Crippen LogP) is 5.49. The Morgan fingerprint density at radius 3 is 2.45 bits per heavy atom. The first-order valence-corrected chi connectivity index (χ1v) is 8.67. The molecule has 0 aliphatic carbocycles. The molecule has 0 spiro atoms. The lowest BCUT2D eigenvalue weighted by Crippen LogP contribution is -1.93. The molecule has 0 atom stereocenters. The number of rotatable bonds is 4. The second-order valence-corrected chi connectivity index (χ2v) is 6.95. The molecule has 3 aromatic rings. The molecular weight excluding hydrogens is 286 g/mol. The number of benzene rings is 2. The zero-order valence-corrected chi connectivity index (χ0v) is 14.2. The van der Waals surface area contributed by atoms with E-state index in [2.05, 4.69) is 69.3 Å². The molecule has 0 aliphatic rings. The van der Waals surface area contributed by atoms with Gasteiger partial charge < -0.3 is 0 Å². The van der Waals surface area contributed by atoms with Crippen LogP contribution < -0.4 is 0 Å². The Bertz CT molecular complexity index is 794. The van der Waals surface area contributed by atoms with Gasteiger partial charge in [0.05, 0.1) is 10.5 Å². The van der Waals surface area contributed by atoms with E-state index < -0.39 is 0 Å². The third-order valence-corrected chi connectivity index (χ3v) is 4.83. The molecule has 0 unspecified atom stereocenters. The summed E-state index contributed by atoms with van der Waals surface area (Å²) in [6.45, 7) is 6.48. The standard InChI is InChI=1S/C20H21NS/c1-14-11-16(3)20-18(12-14)15(2)13-19(21-20)22-10-9-17-7-5-4-6-8-17/h4-8,11-13H,9-10H2,1-3H3. The number of fused-ring (bicyclic) bond motifs is 1. The SMILES string of the molecule is Cc1cc(C)c2nc(SCCc3ccccc3)cc(C)c2c1. The normalized spacial score (nSPS) is 11.0. The monoisotopic (exact) mass is 307 g/mol. The lowest BCUT2D eigenvalue weighted by atomic mass is 10.0. The molecule has 1 nitrogen and oxygen atoms in total. The molecule has 112 valence electrons. The zero-order chi connectivity index (χ0) is 15.5.